The number of pyridine rings is 1. The highest BCUT2D eigenvalue weighted by molar-refractivity contribution is 5.92. The van der Waals surface area contributed by atoms with Crippen LogP contribution < -0.4 is 5.32 Å². The summed E-state index contributed by atoms with van der Waals surface area (Å²) in [6.45, 7) is 0.647. The van der Waals surface area contributed by atoms with Crippen molar-refractivity contribution in [1.29, 1.82) is 0 Å². The Bertz CT molecular complexity index is 1410. The summed E-state index contributed by atoms with van der Waals surface area (Å²) >= 11 is 0. The number of aromatic nitrogens is 4. The lowest BCUT2D eigenvalue weighted by Crippen LogP contribution is -2.08. The van der Waals surface area contributed by atoms with Crippen molar-refractivity contribution in [3.63, 3.8) is 0 Å². The quantitative estimate of drug-likeness (QED) is 0.365. The molecule has 0 fully saturated rings. The fraction of sp³-hybridized carbons (Fsp3) is 0.125. The molecule has 3 aromatic heterocycles. The van der Waals surface area contributed by atoms with Crippen molar-refractivity contribution in [1.82, 2.24) is 19.9 Å². The van der Waals surface area contributed by atoms with Gasteiger partial charge >= 0.3 is 6.18 Å². The Balaban J connectivity index is 1.40. The zero-order valence-electron chi connectivity index (χ0n) is 16.8. The van der Waals surface area contributed by atoms with E-state index >= 15 is 0 Å². The molecular weight excluding hydrogens is 415 g/mol. The lowest BCUT2D eigenvalue weighted by atomic mass is 10.0. The Morgan fingerprint density at radius 1 is 0.906 bits per heavy atom. The number of H-pyrrole nitrogens is 1. The van der Waals surface area contributed by atoms with Gasteiger partial charge < -0.3 is 10.3 Å². The molecule has 5 nitrogen and oxygen atoms in total. The molecule has 0 amide bonds. The second-order valence-electron chi connectivity index (χ2n) is 7.39. The first-order chi connectivity index (χ1) is 15.5. The minimum atomic E-state index is -4.49. The molecule has 0 bridgehead atoms. The zero-order valence-corrected chi connectivity index (χ0v) is 16.8. The molecule has 5 rings (SSSR count). The monoisotopic (exact) mass is 433 g/mol. The molecule has 0 saturated heterocycles. The van der Waals surface area contributed by atoms with E-state index < -0.39 is 11.7 Å². The second-order valence-corrected chi connectivity index (χ2v) is 7.39. The molecule has 0 radical (unpaired) electrons. The van der Waals surface area contributed by atoms with Gasteiger partial charge in [-0.1, -0.05) is 24.3 Å². The fourth-order valence-electron chi connectivity index (χ4n) is 3.86. The topological polar surface area (TPSA) is 66.5 Å². The van der Waals surface area contributed by atoms with Crippen molar-refractivity contribution in [3.05, 3.63) is 84.4 Å². The number of aromatic amines is 1. The fourth-order valence-corrected chi connectivity index (χ4v) is 3.86. The van der Waals surface area contributed by atoms with Crippen molar-refractivity contribution < 1.29 is 13.2 Å². The van der Waals surface area contributed by atoms with Crippen LogP contribution in [0.5, 0.6) is 0 Å². The average Bonchev–Trinajstić information content (AvgIpc) is 3.21. The molecule has 0 aliphatic heterocycles. The van der Waals surface area contributed by atoms with Gasteiger partial charge in [0, 0.05) is 40.8 Å². The smallest absolute Gasteiger partial charge is 0.369 e. The highest BCUT2D eigenvalue weighted by Gasteiger charge is 2.34. The summed E-state index contributed by atoms with van der Waals surface area (Å²) in [4.78, 5) is 15.8. The molecular formula is C24H18F3N5. The van der Waals surface area contributed by atoms with Crippen LogP contribution in [0.2, 0.25) is 0 Å². The van der Waals surface area contributed by atoms with Gasteiger partial charge in [0.15, 0.2) is 0 Å². The van der Waals surface area contributed by atoms with Gasteiger partial charge in [-0.2, -0.15) is 13.2 Å². The normalized spacial score (nSPS) is 11.8. The molecule has 160 valence electrons. The number of hydrogen-bond acceptors (Lipinski definition) is 4. The van der Waals surface area contributed by atoms with Gasteiger partial charge in [0.2, 0.25) is 0 Å². The van der Waals surface area contributed by atoms with Crippen molar-refractivity contribution >= 4 is 27.6 Å². The zero-order chi connectivity index (χ0) is 22.1. The summed E-state index contributed by atoms with van der Waals surface area (Å²) in [5.74, 6) is 0.637. The summed E-state index contributed by atoms with van der Waals surface area (Å²) in [7, 11) is 0. The summed E-state index contributed by atoms with van der Waals surface area (Å²) in [6.07, 6.45) is 1.06. The summed E-state index contributed by atoms with van der Waals surface area (Å²) < 4.78 is 40.2. The second kappa shape index (κ2) is 7.96. The third kappa shape index (κ3) is 3.75. The maximum absolute atomic E-state index is 13.4. The first kappa shape index (κ1) is 20.0. The molecule has 2 aromatic carbocycles. The van der Waals surface area contributed by atoms with E-state index in [9.17, 15) is 13.2 Å². The molecule has 32 heavy (non-hydrogen) atoms. The minimum Gasteiger partial charge on any atom is -0.369 e. The van der Waals surface area contributed by atoms with E-state index in [1.807, 2.05) is 24.4 Å². The van der Waals surface area contributed by atoms with Crippen molar-refractivity contribution in [2.45, 2.75) is 12.6 Å². The third-order valence-corrected chi connectivity index (χ3v) is 5.38. The molecule has 8 heteroatoms. The van der Waals surface area contributed by atoms with Gasteiger partial charge in [-0.25, -0.2) is 9.97 Å². The van der Waals surface area contributed by atoms with E-state index in [-0.39, 0.29) is 5.69 Å². The molecule has 3 heterocycles. The molecule has 0 aliphatic rings. The maximum Gasteiger partial charge on any atom is 0.418 e. The van der Waals surface area contributed by atoms with Crippen LogP contribution in [0.15, 0.2) is 73.3 Å². The van der Waals surface area contributed by atoms with Crippen LogP contribution in [0.1, 0.15) is 11.1 Å². The molecule has 0 atom stereocenters. The van der Waals surface area contributed by atoms with Crippen LogP contribution in [-0.2, 0) is 12.6 Å². The first-order valence-electron chi connectivity index (χ1n) is 10.1. The number of hydrogen-bond donors (Lipinski definition) is 2. The van der Waals surface area contributed by atoms with E-state index in [1.54, 1.807) is 18.2 Å². The van der Waals surface area contributed by atoms with Crippen LogP contribution in [0, 0.1) is 0 Å². The average molecular weight is 433 g/mol. The van der Waals surface area contributed by atoms with Crippen LogP contribution in [-0.4, -0.2) is 26.5 Å². The largest absolute Gasteiger partial charge is 0.418 e. The van der Waals surface area contributed by atoms with Crippen molar-refractivity contribution in [3.8, 4) is 11.3 Å². The van der Waals surface area contributed by atoms with Crippen LogP contribution in [0.3, 0.4) is 0 Å². The summed E-state index contributed by atoms with van der Waals surface area (Å²) in [5, 5.41) is 5.24. The molecule has 5 aromatic rings. The number of nitrogens with zero attached hydrogens (tertiary/aromatic N) is 3. The van der Waals surface area contributed by atoms with E-state index in [0.29, 0.717) is 23.4 Å². The van der Waals surface area contributed by atoms with E-state index in [2.05, 4.69) is 31.3 Å². The van der Waals surface area contributed by atoms with Gasteiger partial charge in [-0.05, 0) is 42.3 Å². The van der Waals surface area contributed by atoms with Gasteiger partial charge in [0.05, 0.1) is 16.8 Å². The lowest BCUT2D eigenvalue weighted by molar-refractivity contribution is -0.137. The number of alkyl halides is 3. The van der Waals surface area contributed by atoms with Crippen molar-refractivity contribution in [2.24, 2.45) is 0 Å². The Labute approximate surface area is 181 Å². The molecule has 0 aliphatic carbocycles. The maximum atomic E-state index is 13.4. The number of benzene rings is 2. The Morgan fingerprint density at radius 3 is 2.66 bits per heavy atom. The van der Waals surface area contributed by atoms with Gasteiger partial charge in [0.1, 0.15) is 12.1 Å². The standard InChI is InChI=1S/C24H18F3N5/c25-24(26,27)19-5-3-10-28-22(19)15-7-8-18-21(12-15)31-14-32-23(18)29-11-9-16-13-30-20-6-2-1-4-17(16)20/h1-8,10,12-14,30H,9,11H2,(H,29,31,32). The van der Waals surface area contributed by atoms with Gasteiger partial charge in [-0.3, -0.25) is 4.98 Å². The number of anilines is 1. The first-order valence-corrected chi connectivity index (χ1v) is 10.1. The highest BCUT2D eigenvalue weighted by Crippen LogP contribution is 2.36. The van der Waals surface area contributed by atoms with Crippen molar-refractivity contribution in [2.75, 3.05) is 11.9 Å². The predicted molar refractivity (Wildman–Crippen MR) is 118 cm³/mol. The van der Waals surface area contributed by atoms with E-state index in [0.717, 1.165) is 23.4 Å². The van der Waals surface area contributed by atoms with E-state index in [4.69, 9.17) is 0 Å². The Hall–Kier alpha value is -3.94. The van der Waals surface area contributed by atoms with Crippen LogP contribution in [0.25, 0.3) is 33.1 Å². The number of rotatable bonds is 5. The lowest BCUT2D eigenvalue weighted by Gasteiger charge is -2.13. The number of fused-ring (bicyclic) bond motifs is 2. The van der Waals surface area contributed by atoms with E-state index in [1.165, 1.54) is 29.5 Å². The summed E-state index contributed by atoms with van der Waals surface area (Å²) in [6, 6.07) is 15.4. The molecule has 2 N–H and O–H groups in total. The number of para-hydroxylation sites is 1. The highest BCUT2D eigenvalue weighted by atomic mass is 19.4. The minimum absolute atomic E-state index is 0.116. The number of nitrogens with one attached hydrogen (secondary N) is 2. The number of halogens is 3. The Morgan fingerprint density at radius 2 is 1.78 bits per heavy atom. The predicted octanol–water partition coefficient (Wildman–Crippen LogP) is 5.85. The summed E-state index contributed by atoms with van der Waals surface area (Å²) in [5.41, 5.74) is 2.30. The molecule has 0 saturated carbocycles. The van der Waals surface area contributed by atoms with Gasteiger partial charge in [0.25, 0.3) is 0 Å². The SMILES string of the molecule is FC(F)(F)c1cccnc1-c1ccc2c(NCCc3c[nH]c4ccccc34)ncnc2c1. The van der Waals surface area contributed by atoms with Crippen LogP contribution in [0.4, 0.5) is 19.0 Å². The Kier molecular flexibility index (Phi) is 4.97. The third-order valence-electron chi connectivity index (χ3n) is 5.38. The van der Waals surface area contributed by atoms with Gasteiger partial charge in [-0.15, -0.1) is 0 Å². The molecule has 0 spiro atoms. The molecule has 0 unspecified atom stereocenters. The van der Waals surface area contributed by atoms with Crippen LogP contribution >= 0.6 is 0 Å².